The van der Waals surface area contributed by atoms with Gasteiger partial charge in [-0.3, -0.25) is 9.36 Å². The molecule has 2 atom stereocenters. The summed E-state index contributed by atoms with van der Waals surface area (Å²) in [5.41, 5.74) is 0.932. The van der Waals surface area contributed by atoms with Crippen molar-refractivity contribution in [3.8, 4) is 11.4 Å². The highest BCUT2D eigenvalue weighted by molar-refractivity contribution is 5.83. The maximum Gasteiger partial charge on any atom is 0.262 e. The first-order valence-electron chi connectivity index (χ1n) is 12.0. The van der Waals surface area contributed by atoms with E-state index in [9.17, 15) is 4.79 Å². The summed E-state index contributed by atoms with van der Waals surface area (Å²) >= 11 is 0. The number of pyridine rings is 1. The Kier molecular flexibility index (Phi) is 6.08. The maximum atomic E-state index is 15.2. The van der Waals surface area contributed by atoms with E-state index < -0.39 is 0 Å². The zero-order valence-electron chi connectivity index (χ0n) is 20.1. The van der Waals surface area contributed by atoms with Crippen LogP contribution in [0.15, 0.2) is 53.5 Å². The lowest BCUT2D eigenvalue weighted by molar-refractivity contribution is 0.0680. The normalized spacial score (nSPS) is 22.7. The highest BCUT2D eigenvalue weighted by Gasteiger charge is 2.36. The molecule has 1 unspecified atom stereocenters. The molecule has 180 valence electrons. The van der Waals surface area contributed by atoms with E-state index in [1.165, 1.54) is 10.6 Å². The first kappa shape index (κ1) is 22.9. The van der Waals surface area contributed by atoms with Crippen LogP contribution in [0.2, 0.25) is 0 Å². The third-order valence-corrected chi connectivity index (χ3v) is 7.42. The third-order valence-electron chi connectivity index (χ3n) is 7.42. The number of likely N-dealkylation sites (N-methyl/N-ethyl adjacent to an activating group) is 1. The van der Waals surface area contributed by atoms with E-state index in [2.05, 4.69) is 30.8 Å². The van der Waals surface area contributed by atoms with E-state index in [0.717, 1.165) is 44.3 Å². The molecule has 6 nitrogen and oxygen atoms in total. The van der Waals surface area contributed by atoms with E-state index in [4.69, 9.17) is 9.47 Å². The zero-order chi connectivity index (χ0) is 23.9. The zero-order valence-corrected chi connectivity index (χ0v) is 20.1. The van der Waals surface area contributed by atoms with Crippen LogP contribution in [-0.4, -0.2) is 61.5 Å². The number of ether oxygens (including phenoxy) is 2. The van der Waals surface area contributed by atoms with Gasteiger partial charge < -0.3 is 19.3 Å². The van der Waals surface area contributed by atoms with E-state index >= 15 is 4.39 Å². The minimum atomic E-state index is -0.314. The van der Waals surface area contributed by atoms with Crippen molar-refractivity contribution in [2.45, 2.75) is 37.8 Å². The summed E-state index contributed by atoms with van der Waals surface area (Å²) in [5, 5.41) is 1.36. The molecule has 3 aromatic rings. The molecule has 2 aromatic carbocycles. The number of halogens is 1. The molecule has 0 aliphatic carbocycles. The lowest BCUT2D eigenvalue weighted by Gasteiger charge is -2.32. The van der Waals surface area contributed by atoms with Gasteiger partial charge in [0.2, 0.25) is 0 Å². The fourth-order valence-electron chi connectivity index (χ4n) is 4.90. The van der Waals surface area contributed by atoms with E-state index in [-0.39, 0.29) is 23.0 Å². The topological polar surface area (TPSA) is 46.9 Å². The number of aromatic nitrogens is 1. The highest BCUT2D eigenvalue weighted by atomic mass is 19.1. The average Bonchev–Trinajstić information content (AvgIpc) is 3.48. The fraction of sp³-hybridized carbons (Fsp3) is 0.444. The van der Waals surface area contributed by atoms with Gasteiger partial charge in [-0.15, -0.1) is 0 Å². The molecule has 0 N–H and O–H groups in total. The van der Waals surface area contributed by atoms with Crippen molar-refractivity contribution in [3.05, 3.63) is 64.8 Å². The largest absolute Gasteiger partial charge is 0.491 e. The third kappa shape index (κ3) is 4.30. The summed E-state index contributed by atoms with van der Waals surface area (Å²) in [7, 11) is 4.13. The molecule has 2 saturated heterocycles. The fourth-order valence-corrected chi connectivity index (χ4v) is 4.90. The van der Waals surface area contributed by atoms with Crippen LogP contribution in [0, 0.1) is 5.82 Å². The predicted molar refractivity (Wildman–Crippen MR) is 133 cm³/mol. The van der Waals surface area contributed by atoms with E-state index in [0.29, 0.717) is 29.1 Å². The first-order chi connectivity index (χ1) is 16.3. The van der Waals surface area contributed by atoms with Gasteiger partial charge in [0.1, 0.15) is 18.2 Å². The van der Waals surface area contributed by atoms with Crippen LogP contribution < -0.4 is 15.2 Å². The Morgan fingerprint density at radius 1 is 1.21 bits per heavy atom. The molecule has 34 heavy (non-hydrogen) atoms. The van der Waals surface area contributed by atoms with Crippen LogP contribution in [0.4, 0.5) is 10.1 Å². The van der Waals surface area contributed by atoms with Gasteiger partial charge in [-0.1, -0.05) is 0 Å². The molecule has 0 spiro atoms. The van der Waals surface area contributed by atoms with Crippen LogP contribution in [0.1, 0.15) is 26.2 Å². The second-order valence-electron chi connectivity index (χ2n) is 9.88. The Bertz CT molecular complexity index is 1250. The molecular weight excluding hydrogens is 433 g/mol. The Morgan fingerprint density at radius 3 is 2.76 bits per heavy atom. The van der Waals surface area contributed by atoms with E-state index in [1.807, 2.05) is 24.3 Å². The van der Waals surface area contributed by atoms with Crippen molar-refractivity contribution in [2.75, 3.05) is 45.3 Å². The van der Waals surface area contributed by atoms with Crippen molar-refractivity contribution in [2.24, 2.45) is 0 Å². The van der Waals surface area contributed by atoms with Gasteiger partial charge in [0.15, 0.2) is 0 Å². The number of rotatable bonds is 6. The second kappa shape index (κ2) is 9.04. The summed E-state index contributed by atoms with van der Waals surface area (Å²) in [4.78, 5) is 17.5. The minimum absolute atomic E-state index is 0.0209. The van der Waals surface area contributed by atoms with Crippen molar-refractivity contribution in [1.29, 1.82) is 0 Å². The average molecular weight is 466 g/mol. The summed E-state index contributed by atoms with van der Waals surface area (Å²) in [6.45, 7) is 5.08. The number of fused-ring (bicyclic) bond motifs is 1. The highest BCUT2D eigenvalue weighted by Crippen LogP contribution is 2.32. The number of benzene rings is 2. The molecule has 3 heterocycles. The Labute approximate surface area is 199 Å². The number of nitrogens with zero attached hydrogens (tertiary/aromatic N) is 3. The second-order valence-corrected chi connectivity index (χ2v) is 9.88. The molecule has 2 aliphatic heterocycles. The van der Waals surface area contributed by atoms with Gasteiger partial charge >= 0.3 is 0 Å². The number of anilines is 1. The first-order valence-corrected chi connectivity index (χ1v) is 12.0. The van der Waals surface area contributed by atoms with Crippen molar-refractivity contribution in [1.82, 2.24) is 9.47 Å². The quantitative estimate of drug-likeness (QED) is 0.546. The van der Waals surface area contributed by atoms with Crippen LogP contribution in [0.5, 0.6) is 5.75 Å². The molecular formula is C27H32FN3O3. The van der Waals surface area contributed by atoms with Gasteiger partial charge in [0, 0.05) is 42.9 Å². The summed E-state index contributed by atoms with van der Waals surface area (Å²) in [6.07, 6.45) is 4.90. The van der Waals surface area contributed by atoms with E-state index in [1.54, 1.807) is 18.3 Å². The lowest BCUT2D eigenvalue weighted by atomic mass is 10.0. The van der Waals surface area contributed by atoms with Gasteiger partial charge in [-0.25, -0.2) is 4.39 Å². The molecule has 2 fully saturated rings. The molecule has 0 bridgehead atoms. The van der Waals surface area contributed by atoms with Crippen molar-refractivity contribution >= 4 is 16.5 Å². The van der Waals surface area contributed by atoms with Crippen molar-refractivity contribution in [3.63, 3.8) is 0 Å². The molecule has 2 aliphatic rings. The molecule has 1 aromatic heterocycles. The van der Waals surface area contributed by atoms with Crippen LogP contribution >= 0.6 is 0 Å². The van der Waals surface area contributed by atoms with Crippen LogP contribution in [-0.2, 0) is 4.74 Å². The molecule has 5 rings (SSSR count). The van der Waals surface area contributed by atoms with Gasteiger partial charge in [0.05, 0.1) is 17.5 Å². The van der Waals surface area contributed by atoms with Gasteiger partial charge in [-0.05, 0) is 82.1 Å². The summed E-state index contributed by atoms with van der Waals surface area (Å²) in [5.74, 6) is 0.399. The van der Waals surface area contributed by atoms with Gasteiger partial charge in [0.25, 0.3) is 5.56 Å². The monoisotopic (exact) mass is 465 g/mol. The molecule has 7 heteroatoms. The molecule has 0 amide bonds. The number of hydrogen-bond donors (Lipinski definition) is 0. The Balaban J connectivity index is 1.37. The molecule has 0 saturated carbocycles. The number of hydrogen-bond acceptors (Lipinski definition) is 5. The summed E-state index contributed by atoms with van der Waals surface area (Å²) in [6, 6.07) is 12.4. The predicted octanol–water partition coefficient (Wildman–Crippen LogP) is 4.22. The van der Waals surface area contributed by atoms with Crippen LogP contribution in [0.25, 0.3) is 16.5 Å². The van der Waals surface area contributed by atoms with Gasteiger partial charge in [-0.2, -0.15) is 0 Å². The lowest BCUT2D eigenvalue weighted by Crippen LogP contribution is -2.43. The Hall–Kier alpha value is -2.90. The minimum Gasteiger partial charge on any atom is -0.491 e. The Morgan fingerprint density at radius 2 is 2.06 bits per heavy atom. The summed E-state index contributed by atoms with van der Waals surface area (Å²) < 4.78 is 28.1. The van der Waals surface area contributed by atoms with Crippen molar-refractivity contribution < 1.29 is 13.9 Å². The van der Waals surface area contributed by atoms with Crippen LogP contribution in [0.3, 0.4) is 0 Å². The molecule has 0 radical (unpaired) electrons. The maximum absolute atomic E-state index is 15.2. The SMILES string of the molecule is CN(C)C1(C)CCN(c2ccc(-n3ccc4cc(OC[C@H]5CCCO5)ccc4c3=O)cc2F)C1. The smallest absolute Gasteiger partial charge is 0.262 e. The standard InChI is InChI=1S/C27H32FN3O3/c1-27(29(2)3)11-13-30(18-27)25-9-6-20(16-24(25)28)31-12-10-19-15-21(7-8-23(19)26(31)32)34-17-22-5-4-14-33-22/h6-10,12,15-16,22H,4-5,11,13-14,17-18H2,1-3H3/t22-,27?/m1/s1.